The minimum absolute atomic E-state index is 0.430. The zero-order valence-corrected chi connectivity index (χ0v) is 10.4. The first-order valence-electron chi connectivity index (χ1n) is 5.11. The Balaban J connectivity index is 2.34. The van der Waals surface area contributed by atoms with E-state index in [9.17, 15) is 0 Å². The molecule has 5 heteroatoms. The number of hydrogen-bond acceptors (Lipinski definition) is 3. The molecule has 0 unspecified atom stereocenters. The monoisotopic (exact) mass is 288 g/mol. The van der Waals surface area contributed by atoms with Crippen molar-refractivity contribution in [2.45, 2.75) is 0 Å². The molecule has 0 amide bonds. The first-order valence-corrected chi connectivity index (χ1v) is 5.90. The van der Waals surface area contributed by atoms with E-state index >= 15 is 0 Å². The van der Waals surface area contributed by atoms with Crippen molar-refractivity contribution >= 4 is 27.5 Å². The molecule has 0 radical (unpaired) electrons. The molecular formula is C12H9BrN4. The lowest BCUT2D eigenvalue weighted by atomic mass is 10.1. The molecule has 4 nitrogen and oxygen atoms in total. The van der Waals surface area contributed by atoms with E-state index in [0.717, 1.165) is 21.4 Å². The van der Waals surface area contributed by atoms with Gasteiger partial charge in [0.2, 0.25) is 5.95 Å². The highest BCUT2D eigenvalue weighted by Gasteiger charge is 2.12. The predicted octanol–water partition coefficient (Wildman–Crippen LogP) is 2.74. The van der Waals surface area contributed by atoms with Gasteiger partial charge in [-0.15, -0.1) is 0 Å². The van der Waals surface area contributed by atoms with Crippen LogP contribution >= 0.6 is 15.9 Å². The fourth-order valence-corrected chi connectivity index (χ4v) is 2.37. The Morgan fingerprint density at radius 3 is 2.71 bits per heavy atom. The molecule has 84 valence electrons. The van der Waals surface area contributed by atoms with Crippen molar-refractivity contribution in [3.05, 3.63) is 47.2 Å². The minimum atomic E-state index is 0.430. The maximum Gasteiger partial charge on any atom is 0.206 e. The van der Waals surface area contributed by atoms with E-state index in [0.29, 0.717) is 5.95 Å². The quantitative estimate of drug-likeness (QED) is 0.749. The minimum Gasteiger partial charge on any atom is -0.369 e. The number of nitrogens with zero attached hydrogens (tertiary/aromatic N) is 3. The van der Waals surface area contributed by atoms with Crippen molar-refractivity contribution in [3.63, 3.8) is 0 Å². The summed E-state index contributed by atoms with van der Waals surface area (Å²) >= 11 is 3.53. The molecule has 3 rings (SSSR count). The second kappa shape index (κ2) is 3.85. The summed E-state index contributed by atoms with van der Waals surface area (Å²) in [5, 5.41) is 0. The van der Waals surface area contributed by atoms with Crippen molar-refractivity contribution in [2.75, 3.05) is 5.73 Å². The average molecular weight is 289 g/mol. The van der Waals surface area contributed by atoms with Gasteiger partial charge in [-0.25, -0.2) is 9.97 Å². The molecule has 1 aromatic carbocycles. The van der Waals surface area contributed by atoms with E-state index in [2.05, 4.69) is 25.9 Å². The fourth-order valence-electron chi connectivity index (χ4n) is 1.76. The zero-order valence-electron chi connectivity index (χ0n) is 8.84. The van der Waals surface area contributed by atoms with Crippen LogP contribution in [-0.2, 0) is 0 Å². The Morgan fingerprint density at radius 2 is 1.94 bits per heavy atom. The largest absolute Gasteiger partial charge is 0.369 e. The van der Waals surface area contributed by atoms with Crippen molar-refractivity contribution in [1.82, 2.24) is 14.4 Å². The molecule has 2 heterocycles. The van der Waals surface area contributed by atoms with Crippen molar-refractivity contribution in [2.24, 2.45) is 0 Å². The second-order valence-corrected chi connectivity index (χ2v) is 4.41. The standard InChI is InChI=1S/C12H9BrN4/c13-9-10(8-4-2-1-3-5-8)16-12(14)17-7-6-15-11(9)17/h1-7H,(H2,14,16). The number of nitrogens with two attached hydrogens (primary N) is 1. The Hall–Kier alpha value is -1.88. The molecule has 3 aromatic rings. The molecule has 0 saturated heterocycles. The van der Waals surface area contributed by atoms with Crippen molar-refractivity contribution < 1.29 is 0 Å². The molecule has 0 bridgehead atoms. The van der Waals surface area contributed by atoms with Gasteiger partial charge in [-0.05, 0) is 15.9 Å². The van der Waals surface area contributed by atoms with E-state index in [1.165, 1.54) is 0 Å². The summed E-state index contributed by atoms with van der Waals surface area (Å²) < 4.78 is 2.60. The Bertz CT molecular complexity index is 676. The maximum atomic E-state index is 5.90. The van der Waals surface area contributed by atoms with E-state index in [4.69, 9.17) is 5.73 Å². The normalized spacial score (nSPS) is 10.9. The summed E-state index contributed by atoms with van der Waals surface area (Å²) in [5.74, 6) is 0.430. The number of fused-ring (bicyclic) bond motifs is 1. The molecule has 2 aromatic heterocycles. The number of imidazole rings is 1. The van der Waals surface area contributed by atoms with Gasteiger partial charge >= 0.3 is 0 Å². The van der Waals surface area contributed by atoms with Gasteiger partial charge in [-0.3, -0.25) is 4.40 Å². The lowest BCUT2D eigenvalue weighted by Crippen LogP contribution is -2.02. The van der Waals surface area contributed by atoms with E-state index in [1.54, 1.807) is 16.8 Å². The van der Waals surface area contributed by atoms with Gasteiger partial charge in [-0.2, -0.15) is 0 Å². The summed E-state index contributed by atoms with van der Waals surface area (Å²) in [4.78, 5) is 8.66. The van der Waals surface area contributed by atoms with E-state index in [-0.39, 0.29) is 0 Å². The number of rotatable bonds is 1. The summed E-state index contributed by atoms with van der Waals surface area (Å²) in [6.45, 7) is 0. The predicted molar refractivity (Wildman–Crippen MR) is 70.5 cm³/mol. The summed E-state index contributed by atoms with van der Waals surface area (Å²) in [5.41, 5.74) is 8.49. The fraction of sp³-hybridized carbons (Fsp3) is 0. The summed E-state index contributed by atoms with van der Waals surface area (Å²) in [6.07, 6.45) is 3.49. The second-order valence-electron chi connectivity index (χ2n) is 3.62. The van der Waals surface area contributed by atoms with Crippen molar-refractivity contribution in [1.29, 1.82) is 0 Å². The van der Waals surface area contributed by atoms with Crippen LogP contribution in [0.4, 0.5) is 5.95 Å². The molecule has 0 saturated carbocycles. The van der Waals surface area contributed by atoms with Gasteiger partial charge in [0.15, 0.2) is 5.65 Å². The Kier molecular flexibility index (Phi) is 2.33. The average Bonchev–Trinajstić information content (AvgIpc) is 2.85. The van der Waals surface area contributed by atoms with Gasteiger partial charge in [-0.1, -0.05) is 30.3 Å². The molecule has 0 spiro atoms. The highest BCUT2D eigenvalue weighted by atomic mass is 79.9. The summed E-state index contributed by atoms with van der Waals surface area (Å²) in [6, 6.07) is 9.89. The van der Waals surface area contributed by atoms with Crippen LogP contribution in [0.5, 0.6) is 0 Å². The SMILES string of the molecule is Nc1nc(-c2ccccc2)c(Br)c2nccn12. The number of benzene rings is 1. The zero-order chi connectivity index (χ0) is 11.8. The number of halogens is 1. The smallest absolute Gasteiger partial charge is 0.206 e. The van der Waals surface area contributed by atoms with Gasteiger partial charge in [0.05, 0.1) is 10.2 Å². The summed E-state index contributed by atoms with van der Waals surface area (Å²) in [7, 11) is 0. The third-order valence-corrected chi connectivity index (χ3v) is 3.30. The van der Waals surface area contributed by atoms with Crippen LogP contribution in [-0.4, -0.2) is 14.4 Å². The van der Waals surface area contributed by atoms with Crippen LogP contribution in [0.15, 0.2) is 47.2 Å². The van der Waals surface area contributed by atoms with Gasteiger partial charge in [0.1, 0.15) is 0 Å². The molecule has 0 aliphatic heterocycles. The molecule has 0 aliphatic carbocycles. The number of nitrogen functional groups attached to an aromatic ring is 1. The third-order valence-electron chi connectivity index (χ3n) is 2.57. The molecule has 0 aliphatic rings. The first kappa shape index (κ1) is 10.3. The Labute approximate surface area is 106 Å². The third kappa shape index (κ3) is 1.59. The lowest BCUT2D eigenvalue weighted by molar-refractivity contribution is 1.10. The number of aromatic nitrogens is 3. The van der Waals surface area contributed by atoms with E-state index < -0.39 is 0 Å². The lowest BCUT2D eigenvalue weighted by Gasteiger charge is -2.07. The van der Waals surface area contributed by atoms with Crippen LogP contribution in [0.1, 0.15) is 0 Å². The van der Waals surface area contributed by atoms with Crippen LogP contribution in [0.25, 0.3) is 16.9 Å². The molecule has 0 fully saturated rings. The molecular weight excluding hydrogens is 280 g/mol. The van der Waals surface area contributed by atoms with Gasteiger partial charge in [0, 0.05) is 18.0 Å². The van der Waals surface area contributed by atoms with Crippen molar-refractivity contribution in [3.8, 4) is 11.3 Å². The molecule has 17 heavy (non-hydrogen) atoms. The van der Waals surface area contributed by atoms with E-state index in [1.807, 2.05) is 30.3 Å². The Morgan fingerprint density at radius 1 is 1.18 bits per heavy atom. The first-order chi connectivity index (χ1) is 8.27. The van der Waals surface area contributed by atoms with Crippen LogP contribution in [0.3, 0.4) is 0 Å². The topological polar surface area (TPSA) is 56.2 Å². The van der Waals surface area contributed by atoms with Gasteiger partial charge < -0.3 is 5.73 Å². The number of hydrogen-bond donors (Lipinski definition) is 1. The van der Waals surface area contributed by atoms with Crippen LogP contribution < -0.4 is 5.73 Å². The highest BCUT2D eigenvalue weighted by Crippen LogP contribution is 2.30. The highest BCUT2D eigenvalue weighted by molar-refractivity contribution is 9.10. The molecule has 2 N–H and O–H groups in total. The van der Waals surface area contributed by atoms with Gasteiger partial charge in [0.25, 0.3) is 0 Å². The van der Waals surface area contributed by atoms with Crippen LogP contribution in [0.2, 0.25) is 0 Å². The maximum absolute atomic E-state index is 5.90. The molecule has 0 atom stereocenters. The van der Waals surface area contributed by atoms with Crippen LogP contribution in [0, 0.1) is 0 Å². The number of anilines is 1.